The summed E-state index contributed by atoms with van der Waals surface area (Å²) in [6.07, 6.45) is 10.6. The zero-order chi connectivity index (χ0) is 20.2. The molecule has 0 bridgehead atoms. The molecule has 0 saturated carbocycles. The highest BCUT2D eigenvalue weighted by atomic mass is 127. The first-order valence-corrected chi connectivity index (χ1v) is 10.7. The third kappa shape index (κ3) is 4.99. The molecule has 1 aromatic carbocycles. The third-order valence-corrected chi connectivity index (χ3v) is 6.03. The normalized spacial score (nSPS) is 16.8. The molecule has 6 nitrogen and oxygen atoms in total. The summed E-state index contributed by atoms with van der Waals surface area (Å²) in [6, 6.07) is 6.59. The van der Waals surface area contributed by atoms with E-state index < -0.39 is 0 Å². The van der Waals surface area contributed by atoms with E-state index in [0.29, 0.717) is 5.92 Å². The average Bonchev–Trinajstić information content (AvgIpc) is 3.46. The zero-order valence-electron chi connectivity index (χ0n) is 18.2. The van der Waals surface area contributed by atoms with Gasteiger partial charge < -0.3 is 15.2 Å². The maximum Gasteiger partial charge on any atom is 0.193 e. The molecule has 1 unspecified atom stereocenters. The number of fused-ring (bicyclic) bond motifs is 1. The van der Waals surface area contributed by atoms with E-state index in [1.807, 2.05) is 25.0 Å². The summed E-state index contributed by atoms with van der Waals surface area (Å²) in [4.78, 5) is 10.4. The predicted octanol–water partition coefficient (Wildman–Crippen LogP) is 3.76. The first kappa shape index (κ1) is 22.7. The fraction of sp³-hybridized carbons (Fsp3) is 0.478. The Kier molecular flexibility index (Phi) is 7.80. The molecular formula is C23H33IN6. The van der Waals surface area contributed by atoms with E-state index in [9.17, 15) is 0 Å². The van der Waals surface area contributed by atoms with Crippen molar-refractivity contribution in [1.29, 1.82) is 0 Å². The molecule has 0 radical (unpaired) electrons. The van der Waals surface area contributed by atoms with Gasteiger partial charge in [0, 0.05) is 57.0 Å². The van der Waals surface area contributed by atoms with Crippen molar-refractivity contribution in [2.24, 2.45) is 18.0 Å². The number of rotatable bonds is 6. The van der Waals surface area contributed by atoms with Gasteiger partial charge in [-0.05, 0) is 48.3 Å². The summed E-state index contributed by atoms with van der Waals surface area (Å²) in [5, 5.41) is 9.21. The summed E-state index contributed by atoms with van der Waals surface area (Å²) in [7, 11) is 3.86. The number of benzene rings is 1. The second kappa shape index (κ2) is 10.3. The van der Waals surface area contributed by atoms with Crippen molar-refractivity contribution in [2.45, 2.75) is 32.6 Å². The maximum absolute atomic E-state index is 4.53. The van der Waals surface area contributed by atoms with Gasteiger partial charge in [-0.3, -0.25) is 9.67 Å². The summed E-state index contributed by atoms with van der Waals surface area (Å²) < 4.78 is 1.89. The van der Waals surface area contributed by atoms with Gasteiger partial charge in [0.1, 0.15) is 0 Å². The van der Waals surface area contributed by atoms with Crippen LogP contribution in [-0.4, -0.2) is 52.3 Å². The Morgan fingerprint density at radius 1 is 1.33 bits per heavy atom. The highest BCUT2D eigenvalue weighted by Crippen LogP contribution is 2.23. The topological polar surface area (TPSA) is 61.2 Å². The molecule has 162 valence electrons. The smallest absolute Gasteiger partial charge is 0.193 e. The highest BCUT2D eigenvalue weighted by Gasteiger charge is 2.25. The third-order valence-electron chi connectivity index (χ3n) is 6.03. The Balaban J connectivity index is 0.00000256. The molecule has 1 fully saturated rings. The van der Waals surface area contributed by atoms with E-state index in [2.05, 4.69) is 62.8 Å². The minimum absolute atomic E-state index is 0. The van der Waals surface area contributed by atoms with Gasteiger partial charge in [-0.15, -0.1) is 24.0 Å². The number of guanidine groups is 1. The van der Waals surface area contributed by atoms with Crippen LogP contribution in [0.25, 0.3) is 10.9 Å². The number of para-hydroxylation sites is 1. The average molecular weight is 520 g/mol. The van der Waals surface area contributed by atoms with Gasteiger partial charge in [0.25, 0.3) is 0 Å². The number of aromatic nitrogens is 3. The Bertz CT molecular complexity index is 989. The SMILES string of the molecule is CCc1cccc2c(CCNC(=NC)N3CCC(Cc4cnn(C)c4)C3)c[nH]c12.I. The standard InChI is InChI=1S/C23H32N6.HI/c1-4-19-6-5-7-21-20(14-26-22(19)21)8-10-25-23(24-2)29-11-9-17(16-29)12-18-13-27-28(3)15-18;/h5-7,13-15,17,26H,4,8-12,16H2,1-3H3,(H,24,25);1H. The number of halogens is 1. The molecule has 7 heteroatoms. The Morgan fingerprint density at radius 2 is 2.20 bits per heavy atom. The van der Waals surface area contributed by atoms with E-state index in [0.717, 1.165) is 44.9 Å². The largest absolute Gasteiger partial charge is 0.361 e. The van der Waals surface area contributed by atoms with E-state index in [1.54, 1.807) is 0 Å². The fourth-order valence-corrected chi connectivity index (χ4v) is 4.52. The van der Waals surface area contributed by atoms with E-state index in [-0.39, 0.29) is 24.0 Å². The maximum atomic E-state index is 4.53. The van der Waals surface area contributed by atoms with Gasteiger partial charge >= 0.3 is 0 Å². The van der Waals surface area contributed by atoms with Crippen molar-refractivity contribution < 1.29 is 0 Å². The predicted molar refractivity (Wildman–Crippen MR) is 135 cm³/mol. The van der Waals surface area contributed by atoms with Crippen LogP contribution in [0.15, 0.2) is 41.8 Å². The molecule has 0 spiro atoms. The number of aromatic amines is 1. The first-order valence-electron chi connectivity index (χ1n) is 10.7. The van der Waals surface area contributed by atoms with Crippen LogP contribution >= 0.6 is 24.0 Å². The second-order valence-corrected chi connectivity index (χ2v) is 8.06. The molecule has 4 rings (SSSR count). The zero-order valence-corrected chi connectivity index (χ0v) is 20.5. The summed E-state index contributed by atoms with van der Waals surface area (Å²) in [5.74, 6) is 1.69. The number of H-pyrrole nitrogens is 1. The monoisotopic (exact) mass is 520 g/mol. The molecule has 1 saturated heterocycles. The van der Waals surface area contributed by atoms with Gasteiger partial charge in [-0.2, -0.15) is 5.10 Å². The van der Waals surface area contributed by atoms with E-state index in [4.69, 9.17) is 0 Å². The summed E-state index contributed by atoms with van der Waals surface area (Å²) in [5.41, 5.74) is 5.36. The fourth-order valence-electron chi connectivity index (χ4n) is 4.52. The molecule has 1 atom stereocenters. The van der Waals surface area contributed by atoms with Gasteiger partial charge in [-0.1, -0.05) is 25.1 Å². The molecule has 0 amide bonds. The molecule has 2 aromatic heterocycles. The van der Waals surface area contributed by atoms with Crippen LogP contribution in [-0.2, 0) is 26.3 Å². The summed E-state index contributed by atoms with van der Waals surface area (Å²) in [6.45, 7) is 5.22. The van der Waals surface area contributed by atoms with Crippen molar-refractivity contribution >= 4 is 40.8 Å². The lowest BCUT2D eigenvalue weighted by Gasteiger charge is -2.21. The van der Waals surface area contributed by atoms with Crippen molar-refractivity contribution in [3.8, 4) is 0 Å². The van der Waals surface area contributed by atoms with Crippen molar-refractivity contribution in [2.75, 3.05) is 26.7 Å². The van der Waals surface area contributed by atoms with Gasteiger partial charge in [0.15, 0.2) is 5.96 Å². The lowest BCUT2D eigenvalue weighted by molar-refractivity contribution is 0.460. The highest BCUT2D eigenvalue weighted by molar-refractivity contribution is 14.0. The summed E-state index contributed by atoms with van der Waals surface area (Å²) >= 11 is 0. The van der Waals surface area contributed by atoms with Crippen LogP contribution in [0.4, 0.5) is 0 Å². The quantitative estimate of drug-likeness (QED) is 0.296. The van der Waals surface area contributed by atoms with Crippen LogP contribution in [0.1, 0.15) is 30.0 Å². The molecule has 1 aliphatic rings. The number of aryl methyl sites for hydroxylation is 2. The molecule has 30 heavy (non-hydrogen) atoms. The lowest BCUT2D eigenvalue weighted by Crippen LogP contribution is -2.41. The molecule has 1 aliphatic heterocycles. The first-order chi connectivity index (χ1) is 14.2. The molecule has 0 aliphatic carbocycles. The van der Waals surface area contributed by atoms with Crippen molar-refractivity contribution in [1.82, 2.24) is 25.0 Å². The minimum atomic E-state index is 0. The van der Waals surface area contributed by atoms with Crippen LogP contribution in [0.2, 0.25) is 0 Å². The lowest BCUT2D eigenvalue weighted by atomic mass is 10.0. The van der Waals surface area contributed by atoms with Crippen molar-refractivity contribution in [3.63, 3.8) is 0 Å². The van der Waals surface area contributed by atoms with Gasteiger partial charge in [0.05, 0.1) is 6.20 Å². The minimum Gasteiger partial charge on any atom is -0.361 e. The number of likely N-dealkylation sites (tertiary alicyclic amines) is 1. The van der Waals surface area contributed by atoms with Crippen LogP contribution in [0.3, 0.4) is 0 Å². The van der Waals surface area contributed by atoms with E-state index in [1.165, 1.54) is 34.0 Å². The van der Waals surface area contributed by atoms with Crippen molar-refractivity contribution in [3.05, 3.63) is 53.5 Å². The van der Waals surface area contributed by atoms with Crippen LogP contribution in [0.5, 0.6) is 0 Å². The molecule has 2 N–H and O–H groups in total. The van der Waals surface area contributed by atoms with E-state index >= 15 is 0 Å². The molecule has 3 aromatic rings. The Morgan fingerprint density at radius 3 is 2.93 bits per heavy atom. The number of hydrogen-bond donors (Lipinski definition) is 2. The Hall–Kier alpha value is -2.03. The Labute approximate surface area is 196 Å². The van der Waals surface area contributed by atoms with Gasteiger partial charge in [0.2, 0.25) is 0 Å². The van der Waals surface area contributed by atoms with Gasteiger partial charge in [-0.25, -0.2) is 0 Å². The number of hydrogen-bond acceptors (Lipinski definition) is 2. The molecule has 3 heterocycles. The van der Waals surface area contributed by atoms with Crippen LogP contribution in [0, 0.1) is 5.92 Å². The second-order valence-electron chi connectivity index (χ2n) is 8.06. The number of nitrogens with zero attached hydrogens (tertiary/aromatic N) is 4. The number of nitrogens with one attached hydrogen (secondary N) is 2. The van der Waals surface area contributed by atoms with Crippen LogP contribution < -0.4 is 5.32 Å². The molecular weight excluding hydrogens is 487 g/mol. The number of aliphatic imine (C=N–C) groups is 1.